The maximum absolute atomic E-state index is 12.2. The van der Waals surface area contributed by atoms with Gasteiger partial charge in [0.25, 0.3) is 0 Å². The van der Waals surface area contributed by atoms with Gasteiger partial charge in [-0.05, 0) is 31.0 Å². The Kier molecular flexibility index (Phi) is 6.17. The third-order valence-corrected chi connectivity index (χ3v) is 4.04. The van der Waals surface area contributed by atoms with Gasteiger partial charge in [0.2, 0.25) is 5.91 Å². The highest BCUT2D eigenvalue weighted by Gasteiger charge is 2.11. The first-order chi connectivity index (χ1) is 11.9. The van der Waals surface area contributed by atoms with E-state index in [2.05, 4.69) is 5.32 Å². The summed E-state index contributed by atoms with van der Waals surface area (Å²) in [6.45, 7) is 3.97. The molecule has 0 saturated carbocycles. The number of benzene rings is 2. The lowest BCUT2D eigenvalue weighted by Gasteiger charge is -2.10. The number of ketones is 1. The van der Waals surface area contributed by atoms with Crippen molar-refractivity contribution >= 4 is 17.4 Å². The van der Waals surface area contributed by atoms with E-state index >= 15 is 0 Å². The fraction of sp³-hybridized carbons (Fsp3) is 0.300. The van der Waals surface area contributed by atoms with Gasteiger partial charge >= 0.3 is 0 Å². The van der Waals surface area contributed by atoms with Crippen molar-refractivity contribution < 1.29 is 19.1 Å². The molecule has 0 heterocycles. The molecule has 0 aliphatic carbocycles. The molecule has 0 radical (unpaired) electrons. The van der Waals surface area contributed by atoms with E-state index in [4.69, 9.17) is 9.47 Å². The summed E-state index contributed by atoms with van der Waals surface area (Å²) in [5, 5.41) is 2.77. The quantitative estimate of drug-likeness (QED) is 0.775. The van der Waals surface area contributed by atoms with E-state index in [9.17, 15) is 9.59 Å². The molecule has 0 aliphatic rings. The van der Waals surface area contributed by atoms with Gasteiger partial charge in [-0.3, -0.25) is 9.59 Å². The van der Waals surface area contributed by atoms with Crippen molar-refractivity contribution in [2.24, 2.45) is 0 Å². The molecular weight excluding hydrogens is 318 g/mol. The largest absolute Gasteiger partial charge is 0.497 e. The SMILES string of the molecule is COc1cc(NC(=O)CCC(=O)c2ccc(C)c(C)c2)cc(OC)c1. The second-order valence-electron chi connectivity index (χ2n) is 5.87. The van der Waals surface area contributed by atoms with E-state index in [1.54, 1.807) is 38.5 Å². The minimum Gasteiger partial charge on any atom is -0.497 e. The zero-order chi connectivity index (χ0) is 18.4. The van der Waals surface area contributed by atoms with Gasteiger partial charge in [0.1, 0.15) is 11.5 Å². The molecule has 2 aromatic carbocycles. The molecule has 1 N–H and O–H groups in total. The molecule has 2 rings (SSSR count). The van der Waals surface area contributed by atoms with Crippen LogP contribution in [0.2, 0.25) is 0 Å². The van der Waals surface area contributed by atoms with Gasteiger partial charge in [0.05, 0.1) is 14.2 Å². The van der Waals surface area contributed by atoms with E-state index in [0.717, 1.165) is 11.1 Å². The van der Waals surface area contributed by atoms with Crippen LogP contribution >= 0.6 is 0 Å². The highest BCUT2D eigenvalue weighted by molar-refractivity contribution is 6.00. The van der Waals surface area contributed by atoms with Crippen molar-refractivity contribution in [3.05, 3.63) is 53.1 Å². The number of rotatable bonds is 7. The molecular formula is C20H23NO4. The Morgan fingerprint density at radius 3 is 2.08 bits per heavy atom. The van der Waals surface area contributed by atoms with E-state index in [0.29, 0.717) is 22.7 Å². The number of nitrogens with one attached hydrogen (secondary N) is 1. The number of methoxy groups -OCH3 is 2. The van der Waals surface area contributed by atoms with E-state index in [1.165, 1.54) is 0 Å². The van der Waals surface area contributed by atoms with Crippen LogP contribution in [0.25, 0.3) is 0 Å². The molecule has 0 unspecified atom stereocenters. The molecule has 0 atom stereocenters. The second kappa shape index (κ2) is 8.33. The Hall–Kier alpha value is -2.82. The van der Waals surface area contributed by atoms with Gasteiger partial charge in [-0.15, -0.1) is 0 Å². The molecule has 0 aromatic heterocycles. The summed E-state index contributed by atoms with van der Waals surface area (Å²) >= 11 is 0. The number of amides is 1. The number of ether oxygens (including phenoxy) is 2. The summed E-state index contributed by atoms with van der Waals surface area (Å²) in [6.07, 6.45) is 0.278. The van der Waals surface area contributed by atoms with E-state index in [-0.39, 0.29) is 24.5 Å². The first-order valence-electron chi connectivity index (χ1n) is 8.06. The second-order valence-corrected chi connectivity index (χ2v) is 5.87. The Balaban J connectivity index is 1.96. The van der Waals surface area contributed by atoms with Crippen LogP contribution in [-0.2, 0) is 4.79 Å². The summed E-state index contributed by atoms with van der Waals surface area (Å²) in [6, 6.07) is 10.7. The number of Topliss-reactive ketones (excluding diaryl/α,β-unsaturated/α-hetero) is 1. The van der Waals surface area contributed by atoms with Crippen LogP contribution in [0.1, 0.15) is 34.3 Å². The summed E-state index contributed by atoms with van der Waals surface area (Å²) in [5.41, 5.74) is 3.42. The fourth-order valence-electron chi connectivity index (χ4n) is 2.39. The van der Waals surface area contributed by atoms with Crippen LogP contribution in [0.3, 0.4) is 0 Å². The van der Waals surface area contributed by atoms with Gasteiger partial charge in [-0.25, -0.2) is 0 Å². The third kappa shape index (κ3) is 5.08. The van der Waals surface area contributed by atoms with Crippen molar-refractivity contribution in [1.29, 1.82) is 0 Å². The molecule has 132 valence electrons. The van der Waals surface area contributed by atoms with Crippen molar-refractivity contribution in [2.75, 3.05) is 19.5 Å². The first-order valence-corrected chi connectivity index (χ1v) is 8.06. The summed E-state index contributed by atoms with van der Waals surface area (Å²) in [5.74, 6) is 0.899. The number of carbonyl (C=O) groups excluding carboxylic acids is 2. The van der Waals surface area contributed by atoms with Crippen molar-refractivity contribution in [1.82, 2.24) is 0 Å². The number of aryl methyl sites for hydroxylation is 2. The number of hydrogen-bond donors (Lipinski definition) is 1. The standard InChI is InChI=1S/C20H23NO4/c1-13-5-6-15(9-14(13)2)19(22)7-8-20(23)21-16-10-17(24-3)12-18(11-16)25-4/h5-6,9-12H,7-8H2,1-4H3,(H,21,23). The lowest BCUT2D eigenvalue weighted by Crippen LogP contribution is -2.13. The maximum Gasteiger partial charge on any atom is 0.224 e. The molecule has 0 saturated heterocycles. The van der Waals surface area contributed by atoms with E-state index < -0.39 is 0 Å². The number of anilines is 1. The molecule has 0 fully saturated rings. The molecule has 0 spiro atoms. The van der Waals surface area contributed by atoms with Gasteiger partial charge in [-0.2, -0.15) is 0 Å². The number of carbonyl (C=O) groups is 2. The molecule has 1 amide bonds. The third-order valence-electron chi connectivity index (χ3n) is 4.04. The van der Waals surface area contributed by atoms with Gasteiger partial charge < -0.3 is 14.8 Å². The van der Waals surface area contributed by atoms with Gasteiger partial charge in [-0.1, -0.05) is 12.1 Å². The minimum absolute atomic E-state index is 0.0403. The highest BCUT2D eigenvalue weighted by Crippen LogP contribution is 2.26. The summed E-state index contributed by atoms with van der Waals surface area (Å²) in [7, 11) is 3.09. The van der Waals surface area contributed by atoms with Crippen molar-refractivity contribution in [3.63, 3.8) is 0 Å². The Morgan fingerprint density at radius 2 is 1.52 bits per heavy atom. The fourth-order valence-corrected chi connectivity index (χ4v) is 2.39. The van der Waals surface area contributed by atoms with E-state index in [1.807, 2.05) is 26.0 Å². The first kappa shape index (κ1) is 18.5. The Morgan fingerprint density at radius 1 is 0.880 bits per heavy atom. The average molecular weight is 341 g/mol. The lowest BCUT2D eigenvalue weighted by atomic mass is 10.0. The molecule has 25 heavy (non-hydrogen) atoms. The highest BCUT2D eigenvalue weighted by atomic mass is 16.5. The van der Waals surface area contributed by atoms with Crippen LogP contribution < -0.4 is 14.8 Å². The molecule has 5 nitrogen and oxygen atoms in total. The van der Waals surface area contributed by atoms with Crippen molar-refractivity contribution in [3.8, 4) is 11.5 Å². The van der Waals surface area contributed by atoms with Gasteiger partial charge in [0, 0.05) is 42.3 Å². The minimum atomic E-state index is -0.229. The average Bonchev–Trinajstić information content (AvgIpc) is 2.61. The van der Waals surface area contributed by atoms with Crippen LogP contribution in [-0.4, -0.2) is 25.9 Å². The zero-order valence-corrected chi connectivity index (χ0v) is 15.0. The summed E-state index contributed by atoms with van der Waals surface area (Å²) in [4.78, 5) is 24.4. The summed E-state index contributed by atoms with van der Waals surface area (Å²) < 4.78 is 10.3. The zero-order valence-electron chi connectivity index (χ0n) is 15.0. The molecule has 2 aromatic rings. The predicted octanol–water partition coefficient (Wildman–Crippen LogP) is 3.92. The number of hydrogen-bond acceptors (Lipinski definition) is 4. The Labute approximate surface area is 148 Å². The maximum atomic E-state index is 12.2. The molecule has 0 bridgehead atoms. The van der Waals surface area contributed by atoms with Crippen molar-refractivity contribution in [2.45, 2.75) is 26.7 Å². The monoisotopic (exact) mass is 341 g/mol. The normalized spacial score (nSPS) is 10.2. The molecule has 0 aliphatic heterocycles. The van der Waals surface area contributed by atoms with Gasteiger partial charge in [0.15, 0.2) is 5.78 Å². The predicted molar refractivity (Wildman–Crippen MR) is 97.7 cm³/mol. The van der Waals surface area contributed by atoms with Crippen LogP contribution in [0.4, 0.5) is 5.69 Å². The van der Waals surface area contributed by atoms with Crippen LogP contribution in [0.15, 0.2) is 36.4 Å². The molecule has 5 heteroatoms. The topological polar surface area (TPSA) is 64.6 Å². The Bertz CT molecular complexity index is 761. The van der Waals surface area contributed by atoms with Crippen LogP contribution in [0, 0.1) is 13.8 Å². The lowest BCUT2D eigenvalue weighted by molar-refractivity contribution is -0.116. The van der Waals surface area contributed by atoms with Crippen LogP contribution in [0.5, 0.6) is 11.5 Å². The smallest absolute Gasteiger partial charge is 0.224 e.